The van der Waals surface area contributed by atoms with Crippen molar-refractivity contribution in [3.05, 3.63) is 53.3 Å². The van der Waals surface area contributed by atoms with E-state index >= 15 is 0 Å². The average Bonchev–Trinajstić information content (AvgIpc) is 2.91. The Labute approximate surface area is 113 Å². The molecule has 1 aromatic carbocycles. The molecule has 1 heterocycles. The van der Waals surface area contributed by atoms with Gasteiger partial charge in [0.1, 0.15) is 0 Å². The lowest BCUT2D eigenvalue weighted by molar-refractivity contribution is -0.137. The molecule has 0 fully saturated rings. The Kier molecular flexibility index (Phi) is 3.78. The number of hydrogen-bond acceptors (Lipinski definition) is 2. The molecule has 4 nitrogen and oxygen atoms in total. The highest BCUT2D eigenvalue weighted by molar-refractivity contribution is 5.94. The van der Waals surface area contributed by atoms with Gasteiger partial charge in [-0.3, -0.25) is 9.89 Å². The van der Waals surface area contributed by atoms with E-state index < -0.39 is 17.6 Å². The van der Waals surface area contributed by atoms with E-state index in [2.05, 4.69) is 15.5 Å². The van der Waals surface area contributed by atoms with E-state index in [4.69, 9.17) is 0 Å². The van der Waals surface area contributed by atoms with E-state index in [0.717, 1.165) is 29.8 Å². The van der Waals surface area contributed by atoms with Crippen molar-refractivity contribution in [3.63, 3.8) is 0 Å². The van der Waals surface area contributed by atoms with Gasteiger partial charge >= 0.3 is 6.18 Å². The van der Waals surface area contributed by atoms with Crippen LogP contribution in [0.3, 0.4) is 0 Å². The first kappa shape index (κ1) is 14.1. The third kappa shape index (κ3) is 3.17. The molecule has 1 aromatic heterocycles. The monoisotopic (exact) mass is 283 g/mol. The maximum absolute atomic E-state index is 12.4. The first-order valence-electron chi connectivity index (χ1n) is 5.84. The summed E-state index contributed by atoms with van der Waals surface area (Å²) in [7, 11) is 0. The minimum Gasteiger partial charge on any atom is -0.345 e. The molecule has 2 aromatic rings. The number of alkyl halides is 3. The Morgan fingerprint density at radius 2 is 1.95 bits per heavy atom. The molecular weight excluding hydrogens is 271 g/mol. The Balaban J connectivity index is 2.06. The van der Waals surface area contributed by atoms with Crippen molar-refractivity contribution >= 4 is 5.91 Å². The zero-order chi connectivity index (χ0) is 14.8. The number of aromatic amines is 1. The lowest BCUT2D eigenvalue weighted by Gasteiger charge is -2.12. The molecule has 0 saturated carbocycles. The zero-order valence-electron chi connectivity index (χ0n) is 10.5. The predicted molar refractivity (Wildman–Crippen MR) is 65.9 cm³/mol. The van der Waals surface area contributed by atoms with Gasteiger partial charge < -0.3 is 5.32 Å². The van der Waals surface area contributed by atoms with Gasteiger partial charge in [0.25, 0.3) is 5.91 Å². The summed E-state index contributed by atoms with van der Waals surface area (Å²) in [5.41, 5.74) is 0.176. The Hall–Kier alpha value is -2.31. The highest BCUT2D eigenvalue weighted by Crippen LogP contribution is 2.29. The molecule has 0 saturated heterocycles. The molecule has 7 heteroatoms. The second-order valence-corrected chi connectivity index (χ2v) is 4.30. The molecule has 1 atom stereocenters. The number of H-pyrrole nitrogens is 1. The van der Waals surface area contributed by atoms with Crippen LogP contribution >= 0.6 is 0 Å². The van der Waals surface area contributed by atoms with Gasteiger partial charge in [-0.05, 0) is 31.2 Å². The molecule has 20 heavy (non-hydrogen) atoms. The average molecular weight is 283 g/mol. The number of amides is 1. The van der Waals surface area contributed by atoms with Crippen LogP contribution in [0, 0.1) is 0 Å². The number of carbonyl (C=O) groups is 1. The van der Waals surface area contributed by atoms with Crippen LogP contribution in [-0.4, -0.2) is 16.1 Å². The summed E-state index contributed by atoms with van der Waals surface area (Å²) in [6.45, 7) is 1.76. The summed E-state index contributed by atoms with van der Waals surface area (Å²) in [6, 6.07) is 3.79. The van der Waals surface area contributed by atoms with Gasteiger partial charge in [0.15, 0.2) is 0 Å². The molecule has 2 rings (SSSR count). The molecule has 0 aliphatic rings. The number of aromatic nitrogens is 2. The van der Waals surface area contributed by atoms with Crippen molar-refractivity contribution in [1.82, 2.24) is 15.5 Å². The molecule has 0 radical (unpaired) electrons. The van der Waals surface area contributed by atoms with Crippen molar-refractivity contribution in [3.8, 4) is 0 Å². The fourth-order valence-corrected chi connectivity index (χ4v) is 1.67. The van der Waals surface area contributed by atoms with Crippen LogP contribution < -0.4 is 5.32 Å². The summed E-state index contributed by atoms with van der Waals surface area (Å²) in [5.74, 6) is -0.438. The predicted octanol–water partition coefficient (Wildman–Crippen LogP) is 2.92. The fraction of sp³-hybridized carbons (Fsp3) is 0.231. The van der Waals surface area contributed by atoms with Crippen LogP contribution in [0.25, 0.3) is 0 Å². The van der Waals surface area contributed by atoms with Crippen molar-refractivity contribution in [2.75, 3.05) is 0 Å². The second kappa shape index (κ2) is 5.36. The highest BCUT2D eigenvalue weighted by atomic mass is 19.4. The Bertz CT molecular complexity index is 576. The van der Waals surface area contributed by atoms with E-state index in [-0.39, 0.29) is 11.6 Å². The molecule has 1 amide bonds. The van der Waals surface area contributed by atoms with Crippen molar-refractivity contribution in [2.45, 2.75) is 19.1 Å². The molecule has 0 spiro atoms. The number of hydrogen-bond donors (Lipinski definition) is 2. The lowest BCUT2D eigenvalue weighted by Crippen LogP contribution is -2.26. The summed E-state index contributed by atoms with van der Waals surface area (Å²) < 4.78 is 37.2. The second-order valence-electron chi connectivity index (χ2n) is 4.30. The molecule has 0 aliphatic heterocycles. The Morgan fingerprint density at radius 1 is 1.30 bits per heavy atom. The van der Waals surface area contributed by atoms with E-state index in [1.54, 1.807) is 19.3 Å². The standard InChI is InChI=1S/C13H12F3N3O/c1-8(10-6-17-18-7-10)19-12(20)9-2-4-11(5-3-9)13(14,15)16/h2-8H,1H3,(H,17,18)(H,19,20). The molecule has 0 aliphatic carbocycles. The molecule has 0 bridgehead atoms. The van der Waals surface area contributed by atoms with Gasteiger partial charge in [-0.2, -0.15) is 18.3 Å². The molecule has 2 N–H and O–H groups in total. The van der Waals surface area contributed by atoms with Gasteiger partial charge in [-0.1, -0.05) is 0 Å². The third-order valence-electron chi connectivity index (χ3n) is 2.84. The minimum absolute atomic E-state index is 0.174. The van der Waals surface area contributed by atoms with Crippen LogP contribution in [0.15, 0.2) is 36.7 Å². The number of benzene rings is 1. The van der Waals surface area contributed by atoms with Gasteiger partial charge in [0.2, 0.25) is 0 Å². The van der Waals surface area contributed by atoms with Gasteiger partial charge in [-0.25, -0.2) is 0 Å². The smallest absolute Gasteiger partial charge is 0.345 e. The molecule has 106 valence electrons. The van der Waals surface area contributed by atoms with Gasteiger partial charge in [-0.15, -0.1) is 0 Å². The minimum atomic E-state index is -4.40. The van der Waals surface area contributed by atoms with Crippen molar-refractivity contribution < 1.29 is 18.0 Å². The normalized spacial score (nSPS) is 13.0. The van der Waals surface area contributed by atoms with Crippen molar-refractivity contribution in [1.29, 1.82) is 0 Å². The van der Waals surface area contributed by atoms with Crippen molar-refractivity contribution in [2.24, 2.45) is 0 Å². The topological polar surface area (TPSA) is 57.8 Å². The SMILES string of the molecule is CC(NC(=O)c1ccc(C(F)(F)F)cc1)c1cn[nH]c1. The maximum atomic E-state index is 12.4. The summed E-state index contributed by atoms with van der Waals surface area (Å²) in [6.07, 6.45) is -1.20. The van der Waals surface area contributed by atoms with Crippen LogP contribution in [0.4, 0.5) is 13.2 Å². The Morgan fingerprint density at radius 3 is 2.45 bits per heavy atom. The quantitative estimate of drug-likeness (QED) is 0.910. The summed E-state index contributed by atoms with van der Waals surface area (Å²) >= 11 is 0. The number of nitrogens with zero attached hydrogens (tertiary/aromatic N) is 1. The first-order chi connectivity index (χ1) is 9.38. The van der Waals surface area contributed by atoms with Crippen LogP contribution in [0.2, 0.25) is 0 Å². The number of nitrogens with one attached hydrogen (secondary N) is 2. The third-order valence-corrected chi connectivity index (χ3v) is 2.84. The summed E-state index contributed by atoms with van der Waals surface area (Å²) in [5, 5.41) is 9.06. The van der Waals surface area contributed by atoms with E-state index in [9.17, 15) is 18.0 Å². The number of rotatable bonds is 3. The fourth-order valence-electron chi connectivity index (χ4n) is 1.67. The lowest BCUT2D eigenvalue weighted by atomic mass is 10.1. The van der Waals surface area contributed by atoms with E-state index in [0.29, 0.717) is 0 Å². The molecule has 1 unspecified atom stereocenters. The van der Waals surface area contributed by atoms with Gasteiger partial charge in [0.05, 0.1) is 17.8 Å². The van der Waals surface area contributed by atoms with E-state index in [1.807, 2.05) is 0 Å². The summed E-state index contributed by atoms with van der Waals surface area (Å²) in [4.78, 5) is 11.9. The molecular formula is C13H12F3N3O. The van der Waals surface area contributed by atoms with Crippen LogP contribution in [-0.2, 0) is 6.18 Å². The van der Waals surface area contributed by atoms with E-state index in [1.165, 1.54) is 0 Å². The van der Waals surface area contributed by atoms with Crippen LogP contribution in [0.1, 0.15) is 34.5 Å². The van der Waals surface area contributed by atoms with Crippen LogP contribution in [0.5, 0.6) is 0 Å². The van der Waals surface area contributed by atoms with Gasteiger partial charge in [0, 0.05) is 17.3 Å². The first-order valence-corrected chi connectivity index (χ1v) is 5.84. The number of halogens is 3. The maximum Gasteiger partial charge on any atom is 0.416 e. The number of carbonyl (C=O) groups excluding carboxylic acids is 1. The largest absolute Gasteiger partial charge is 0.416 e. The zero-order valence-corrected chi connectivity index (χ0v) is 10.5. The highest BCUT2D eigenvalue weighted by Gasteiger charge is 2.30.